The van der Waals surface area contributed by atoms with Gasteiger partial charge in [0, 0.05) is 37.9 Å². The normalized spacial score (nSPS) is 14.8. The number of nitrogen functional groups attached to an aromatic ring is 1. The Morgan fingerprint density at radius 3 is 2.78 bits per heavy atom. The number of nitrogens with one attached hydrogen (secondary N) is 1. The first kappa shape index (κ1) is 22.0. The van der Waals surface area contributed by atoms with E-state index in [4.69, 9.17) is 5.73 Å². The number of nitrogens with zero attached hydrogens (tertiary/aromatic N) is 4. The summed E-state index contributed by atoms with van der Waals surface area (Å²) >= 11 is 0. The molecule has 1 fully saturated rings. The number of amides is 2. The summed E-state index contributed by atoms with van der Waals surface area (Å²) in [6.45, 7) is 6.34. The molecule has 0 atom stereocenters. The van der Waals surface area contributed by atoms with Crippen molar-refractivity contribution in [2.24, 2.45) is 5.92 Å². The molecule has 1 aliphatic rings. The number of fused-ring (bicyclic) bond motifs is 1. The SMILES string of the molecule is CCCN(Cc1cc(-c2cnc3nc(N)[nH]c3c2)ccc1C)C(=O)N1CCC(CF)CC1. The van der Waals surface area contributed by atoms with Crippen LogP contribution in [0.25, 0.3) is 22.3 Å². The Labute approximate surface area is 187 Å². The van der Waals surface area contributed by atoms with Crippen LogP contribution in [0.1, 0.15) is 37.3 Å². The Morgan fingerprint density at radius 1 is 1.28 bits per heavy atom. The Balaban J connectivity index is 1.55. The Kier molecular flexibility index (Phi) is 6.58. The number of piperidine rings is 1. The summed E-state index contributed by atoms with van der Waals surface area (Å²) in [5, 5.41) is 0. The van der Waals surface area contributed by atoms with Crippen molar-refractivity contribution in [3.8, 4) is 11.1 Å². The highest BCUT2D eigenvalue weighted by atomic mass is 19.1. The third kappa shape index (κ3) is 4.69. The van der Waals surface area contributed by atoms with E-state index in [2.05, 4.69) is 47.0 Å². The number of halogens is 1. The molecule has 0 aliphatic carbocycles. The molecule has 3 N–H and O–H groups in total. The first-order valence-corrected chi connectivity index (χ1v) is 11.3. The molecule has 7 nitrogen and oxygen atoms in total. The third-order valence-corrected chi connectivity index (χ3v) is 6.27. The van der Waals surface area contributed by atoms with Crippen molar-refractivity contribution in [1.29, 1.82) is 0 Å². The van der Waals surface area contributed by atoms with Crippen molar-refractivity contribution in [2.75, 3.05) is 32.0 Å². The van der Waals surface area contributed by atoms with Gasteiger partial charge in [-0.05, 0) is 60.9 Å². The molecule has 1 aliphatic heterocycles. The second-order valence-corrected chi connectivity index (χ2v) is 8.65. The lowest BCUT2D eigenvalue weighted by Crippen LogP contribution is -2.47. The van der Waals surface area contributed by atoms with E-state index in [1.165, 1.54) is 0 Å². The summed E-state index contributed by atoms with van der Waals surface area (Å²) in [6, 6.07) is 8.31. The fraction of sp³-hybridized carbons (Fsp3) is 0.458. The van der Waals surface area contributed by atoms with Crippen LogP contribution in [0, 0.1) is 12.8 Å². The number of aryl methyl sites for hydroxylation is 1. The molecule has 0 radical (unpaired) electrons. The average molecular weight is 439 g/mol. The number of carbonyl (C=O) groups excluding carboxylic acids is 1. The summed E-state index contributed by atoms with van der Waals surface area (Å²) in [5.41, 5.74) is 11.4. The minimum absolute atomic E-state index is 0.0463. The summed E-state index contributed by atoms with van der Waals surface area (Å²) in [5.74, 6) is 0.437. The molecule has 0 saturated carbocycles. The average Bonchev–Trinajstić information content (AvgIpc) is 3.19. The van der Waals surface area contributed by atoms with E-state index in [1.54, 1.807) is 6.20 Å². The van der Waals surface area contributed by atoms with Crippen LogP contribution in [-0.4, -0.2) is 57.1 Å². The van der Waals surface area contributed by atoms with Crippen molar-refractivity contribution in [2.45, 2.75) is 39.7 Å². The van der Waals surface area contributed by atoms with Crippen LogP contribution in [0.2, 0.25) is 0 Å². The minimum Gasteiger partial charge on any atom is -0.369 e. The number of urea groups is 1. The molecular formula is C24H31FN6O. The molecule has 2 aromatic heterocycles. The quantitative estimate of drug-likeness (QED) is 0.592. The van der Waals surface area contributed by atoms with Gasteiger partial charge in [-0.1, -0.05) is 19.1 Å². The molecule has 1 saturated heterocycles. The van der Waals surface area contributed by atoms with Crippen LogP contribution in [0.3, 0.4) is 0 Å². The fourth-order valence-corrected chi connectivity index (χ4v) is 4.29. The van der Waals surface area contributed by atoms with Gasteiger partial charge in [-0.2, -0.15) is 4.98 Å². The van der Waals surface area contributed by atoms with E-state index in [1.807, 2.05) is 15.9 Å². The monoisotopic (exact) mass is 438 g/mol. The number of benzene rings is 1. The number of pyridine rings is 1. The molecule has 4 rings (SSSR count). The van der Waals surface area contributed by atoms with Gasteiger partial charge in [0.05, 0.1) is 12.2 Å². The lowest BCUT2D eigenvalue weighted by Gasteiger charge is -2.35. The number of aromatic nitrogens is 3. The Hall–Kier alpha value is -3.16. The zero-order valence-electron chi connectivity index (χ0n) is 18.8. The summed E-state index contributed by atoms with van der Waals surface area (Å²) in [6.07, 6.45) is 4.16. The maximum atomic E-state index is 13.2. The van der Waals surface area contributed by atoms with Crippen molar-refractivity contribution in [3.63, 3.8) is 0 Å². The maximum absolute atomic E-state index is 13.2. The van der Waals surface area contributed by atoms with Gasteiger partial charge in [-0.15, -0.1) is 0 Å². The predicted molar refractivity (Wildman–Crippen MR) is 125 cm³/mol. The van der Waals surface area contributed by atoms with Gasteiger partial charge in [0.2, 0.25) is 0 Å². The summed E-state index contributed by atoms with van der Waals surface area (Å²) < 4.78 is 13.0. The topological polar surface area (TPSA) is 91.1 Å². The van der Waals surface area contributed by atoms with Crippen molar-refractivity contribution in [1.82, 2.24) is 24.8 Å². The molecule has 8 heteroatoms. The first-order chi connectivity index (χ1) is 15.5. The van der Waals surface area contributed by atoms with Crippen LogP contribution in [-0.2, 0) is 6.54 Å². The first-order valence-electron chi connectivity index (χ1n) is 11.3. The molecule has 0 unspecified atom stereocenters. The Morgan fingerprint density at radius 2 is 2.06 bits per heavy atom. The van der Waals surface area contributed by atoms with Crippen LogP contribution < -0.4 is 5.73 Å². The molecule has 0 spiro atoms. The molecule has 3 heterocycles. The lowest BCUT2D eigenvalue weighted by atomic mass is 9.98. The van der Waals surface area contributed by atoms with Crippen LogP contribution in [0.4, 0.5) is 15.1 Å². The van der Waals surface area contributed by atoms with Crippen molar-refractivity contribution < 1.29 is 9.18 Å². The van der Waals surface area contributed by atoms with Crippen molar-refractivity contribution in [3.05, 3.63) is 41.6 Å². The lowest BCUT2D eigenvalue weighted by molar-refractivity contribution is 0.124. The number of anilines is 1. The number of aromatic amines is 1. The molecule has 0 bridgehead atoms. The van der Waals surface area contributed by atoms with Gasteiger partial charge in [-0.25, -0.2) is 9.78 Å². The second-order valence-electron chi connectivity index (χ2n) is 8.65. The van der Waals surface area contributed by atoms with Crippen LogP contribution >= 0.6 is 0 Å². The molecule has 170 valence electrons. The largest absolute Gasteiger partial charge is 0.369 e. The predicted octanol–water partition coefficient (Wildman–Crippen LogP) is 4.53. The molecule has 2 amide bonds. The fourth-order valence-electron chi connectivity index (χ4n) is 4.29. The van der Waals surface area contributed by atoms with E-state index < -0.39 is 0 Å². The standard InChI is InChI=1S/C24H31FN6O/c1-3-8-31(24(32)30-9-6-17(13-25)7-10-30)15-20-11-18(5-4-16(20)2)19-12-21-22(27-14-19)29-23(26)28-21/h4-5,11-12,14,17H,3,6-10,13,15H2,1-2H3,(H3,26,27,28,29). The number of hydrogen-bond donors (Lipinski definition) is 2. The van der Waals surface area contributed by atoms with E-state index in [0.29, 0.717) is 37.8 Å². The summed E-state index contributed by atoms with van der Waals surface area (Å²) in [4.78, 5) is 28.6. The van der Waals surface area contributed by atoms with Gasteiger partial charge in [0.15, 0.2) is 11.6 Å². The van der Waals surface area contributed by atoms with Gasteiger partial charge >= 0.3 is 6.03 Å². The number of likely N-dealkylation sites (tertiary alicyclic amines) is 1. The van der Waals surface area contributed by atoms with E-state index >= 15 is 0 Å². The highest BCUT2D eigenvalue weighted by Crippen LogP contribution is 2.26. The number of alkyl halides is 1. The van der Waals surface area contributed by atoms with Crippen LogP contribution in [0.15, 0.2) is 30.5 Å². The molecule has 1 aromatic carbocycles. The number of H-pyrrole nitrogens is 1. The van der Waals surface area contributed by atoms with E-state index in [9.17, 15) is 9.18 Å². The van der Waals surface area contributed by atoms with Gasteiger partial charge < -0.3 is 20.5 Å². The van der Waals surface area contributed by atoms with Gasteiger partial charge in [-0.3, -0.25) is 4.39 Å². The highest BCUT2D eigenvalue weighted by Gasteiger charge is 2.26. The number of nitrogens with two attached hydrogens (primary N) is 1. The Bertz CT molecular complexity index is 1090. The number of rotatable bonds is 6. The van der Waals surface area contributed by atoms with Gasteiger partial charge in [0.25, 0.3) is 0 Å². The maximum Gasteiger partial charge on any atom is 0.320 e. The zero-order chi connectivity index (χ0) is 22.7. The molecule has 32 heavy (non-hydrogen) atoms. The zero-order valence-corrected chi connectivity index (χ0v) is 18.8. The number of carbonyl (C=O) groups is 1. The van der Waals surface area contributed by atoms with E-state index in [-0.39, 0.29) is 18.6 Å². The third-order valence-electron chi connectivity index (χ3n) is 6.27. The molecular weight excluding hydrogens is 407 g/mol. The van der Waals surface area contributed by atoms with E-state index in [0.717, 1.165) is 47.0 Å². The summed E-state index contributed by atoms with van der Waals surface area (Å²) in [7, 11) is 0. The van der Waals surface area contributed by atoms with Crippen molar-refractivity contribution >= 4 is 23.1 Å². The number of imidazole rings is 1. The smallest absolute Gasteiger partial charge is 0.320 e. The number of hydrogen-bond acceptors (Lipinski definition) is 4. The second kappa shape index (κ2) is 9.54. The molecule has 3 aromatic rings. The van der Waals surface area contributed by atoms with Crippen LogP contribution in [0.5, 0.6) is 0 Å². The minimum atomic E-state index is -0.293. The van der Waals surface area contributed by atoms with Gasteiger partial charge in [0.1, 0.15) is 0 Å². The highest BCUT2D eigenvalue weighted by molar-refractivity contribution is 5.80.